The van der Waals surface area contributed by atoms with Gasteiger partial charge in [-0.25, -0.2) is 0 Å². The maximum absolute atomic E-state index is 12.9. The van der Waals surface area contributed by atoms with E-state index in [4.69, 9.17) is 9.47 Å². The van der Waals surface area contributed by atoms with Crippen molar-refractivity contribution in [1.29, 1.82) is 0 Å². The highest BCUT2D eigenvalue weighted by Crippen LogP contribution is 2.41. The van der Waals surface area contributed by atoms with Gasteiger partial charge in [0.15, 0.2) is 5.76 Å². The van der Waals surface area contributed by atoms with Crippen molar-refractivity contribution >= 4 is 11.9 Å². The summed E-state index contributed by atoms with van der Waals surface area (Å²) in [6, 6.07) is 24.2. The van der Waals surface area contributed by atoms with Gasteiger partial charge < -0.3 is 9.47 Å². The number of benzene rings is 3. The third-order valence-electron chi connectivity index (χ3n) is 5.80. The monoisotopic (exact) mass is 423 g/mol. The number of ether oxygens (including phenoxy) is 2. The number of aryl methyl sites for hydroxylation is 1. The number of fused-ring (bicyclic) bond motifs is 3. The van der Waals surface area contributed by atoms with Crippen LogP contribution in [0, 0.1) is 0 Å². The van der Waals surface area contributed by atoms with Gasteiger partial charge in [0.1, 0.15) is 18.2 Å². The first-order valence-electron chi connectivity index (χ1n) is 11.0. The number of hydrogen-bond donors (Lipinski definition) is 0. The van der Waals surface area contributed by atoms with E-state index in [0.717, 1.165) is 36.3 Å². The topological polar surface area (TPSA) is 38.8 Å². The molecule has 0 aliphatic carbocycles. The third kappa shape index (κ3) is 4.36. The summed E-state index contributed by atoms with van der Waals surface area (Å²) in [5.74, 6) is 1.71. The van der Waals surface area contributed by atoms with Crippen LogP contribution in [0.3, 0.4) is 0 Å². The van der Waals surface area contributed by atoms with Crippen LogP contribution in [0.1, 0.15) is 33.5 Å². The Morgan fingerprint density at radius 2 is 1.72 bits per heavy atom. The SMILES string of the molecule is O=C1/C(=C/C=C/c2ccccc2)Oc2c1ccc1c2CN(CCCc2ccccc2)CO1. The first-order chi connectivity index (χ1) is 15.8. The fraction of sp³-hybridized carbons (Fsp3) is 0.179. The van der Waals surface area contributed by atoms with E-state index in [0.29, 0.717) is 30.3 Å². The molecule has 0 saturated heterocycles. The molecule has 0 saturated carbocycles. The van der Waals surface area contributed by atoms with Crippen LogP contribution in [0.2, 0.25) is 0 Å². The van der Waals surface area contributed by atoms with Crippen LogP contribution in [0.15, 0.2) is 90.7 Å². The van der Waals surface area contributed by atoms with Crippen LogP contribution >= 0.6 is 0 Å². The van der Waals surface area contributed by atoms with Crippen molar-refractivity contribution in [3.8, 4) is 11.5 Å². The predicted molar refractivity (Wildman–Crippen MR) is 126 cm³/mol. The molecule has 0 N–H and O–H groups in total. The van der Waals surface area contributed by atoms with Gasteiger partial charge in [-0.1, -0.05) is 72.8 Å². The van der Waals surface area contributed by atoms with E-state index in [9.17, 15) is 4.79 Å². The lowest BCUT2D eigenvalue weighted by Gasteiger charge is -2.29. The van der Waals surface area contributed by atoms with E-state index in [2.05, 4.69) is 29.2 Å². The predicted octanol–water partition coefficient (Wildman–Crippen LogP) is 5.64. The summed E-state index contributed by atoms with van der Waals surface area (Å²) < 4.78 is 12.0. The molecule has 0 bridgehead atoms. The number of ketones is 1. The molecular weight excluding hydrogens is 398 g/mol. The standard InChI is InChI=1S/C28H25NO3/c30-27-23-16-17-25-24(19-29(20-31-25)18-8-14-22-11-5-2-6-12-22)28(23)32-26(27)15-7-13-21-9-3-1-4-10-21/h1-7,9-13,15-17H,8,14,18-20H2/b13-7+,26-15-. The Labute approximate surface area is 188 Å². The highest BCUT2D eigenvalue weighted by atomic mass is 16.5. The Hall–Kier alpha value is -3.63. The normalized spacial score (nSPS) is 16.6. The molecule has 4 heteroatoms. The maximum Gasteiger partial charge on any atom is 0.231 e. The number of Topliss-reactive ketones (excluding diaryl/α,β-unsaturated/α-hetero) is 1. The zero-order valence-corrected chi connectivity index (χ0v) is 17.9. The van der Waals surface area contributed by atoms with Gasteiger partial charge in [-0.05, 0) is 42.2 Å². The van der Waals surface area contributed by atoms with Crippen molar-refractivity contribution in [3.05, 3.63) is 113 Å². The first-order valence-corrected chi connectivity index (χ1v) is 11.0. The molecule has 0 radical (unpaired) electrons. The lowest BCUT2D eigenvalue weighted by molar-refractivity contribution is 0.0928. The van der Waals surface area contributed by atoms with Crippen LogP contribution in [-0.2, 0) is 13.0 Å². The molecule has 32 heavy (non-hydrogen) atoms. The summed E-state index contributed by atoms with van der Waals surface area (Å²) >= 11 is 0. The van der Waals surface area contributed by atoms with E-state index in [1.165, 1.54) is 5.56 Å². The van der Waals surface area contributed by atoms with Crippen molar-refractivity contribution < 1.29 is 14.3 Å². The summed E-state index contributed by atoms with van der Waals surface area (Å²) in [7, 11) is 0. The molecule has 0 amide bonds. The van der Waals surface area contributed by atoms with Crippen LogP contribution in [0.25, 0.3) is 6.08 Å². The average Bonchev–Trinajstić information content (AvgIpc) is 3.16. The van der Waals surface area contributed by atoms with Gasteiger partial charge in [-0.3, -0.25) is 9.69 Å². The molecule has 4 nitrogen and oxygen atoms in total. The number of allylic oxidation sites excluding steroid dienone is 3. The van der Waals surface area contributed by atoms with Crippen LogP contribution in [0.4, 0.5) is 0 Å². The molecule has 3 aromatic rings. The van der Waals surface area contributed by atoms with Crippen molar-refractivity contribution in [2.24, 2.45) is 0 Å². The van der Waals surface area contributed by atoms with E-state index < -0.39 is 0 Å². The molecule has 0 unspecified atom stereocenters. The Morgan fingerprint density at radius 1 is 0.938 bits per heavy atom. The zero-order valence-electron chi connectivity index (χ0n) is 17.9. The summed E-state index contributed by atoms with van der Waals surface area (Å²) in [6.45, 7) is 2.19. The lowest BCUT2D eigenvalue weighted by Crippen LogP contribution is -2.33. The van der Waals surface area contributed by atoms with Gasteiger partial charge in [0.25, 0.3) is 0 Å². The van der Waals surface area contributed by atoms with Gasteiger partial charge in [0.2, 0.25) is 5.78 Å². The van der Waals surface area contributed by atoms with Crippen molar-refractivity contribution in [3.63, 3.8) is 0 Å². The van der Waals surface area contributed by atoms with Crippen molar-refractivity contribution in [2.75, 3.05) is 13.3 Å². The zero-order chi connectivity index (χ0) is 21.8. The average molecular weight is 424 g/mol. The Kier molecular flexibility index (Phi) is 5.86. The fourth-order valence-electron chi connectivity index (χ4n) is 4.12. The molecular formula is C28H25NO3. The minimum atomic E-state index is -0.0817. The largest absolute Gasteiger partial charge is 0.478 e. The smallest absolute Gasteiger partial charge is 0.231 e. The molecule has 0 spiro atoms. The maximum atomic E-state index is 12.9. The van der Waals surface area contributed by atoms with Gasteiger partial charge in [-0.15, -0.1) is 0 Å². The Bertz CT molecular complexity index is 1170. The first kappa shape index (κ1) is 20.3. The minimum Gasteiger partial charge on any atom is -0.478 e. The fourth-order valence-corrected chi connectivity index (χ4v) is 4.12. The van der Waals surface area contributed by atoms with E-state index in [-0.39, 0.29) is 5.78 Å². The van der Waals surface area contributed by atoms with Gasteiger partial charge >= 0.3 is 0 Å². The number of nitrogens with zero attached hydrogens (tertiary/aromatic N) is 1. The van der Waals surface area contributed by atoms with E-state index >= 15 is 0 Å². The van der Waals surface area contributed by atoms with Gasteiger partial charge in [0.05, 0.1) is 11.1 Å². The Morgan fingerprint density at radius 3 is 2.53 bits per heavy atom. The second-order valence-corrected chi connectivity index (χ2v) is 8.07. The summed E-state index contributed by atoms with van der Waals surface area (Å²) in [5, 5.41) is 0. The molecule has 0 atom stereocenters. The van der Waals surface area contributed by atoms with Crippen LogP contribution < -0.4 is 9.47 Å². The molecule has 2 aliphatic rings. The lowest BCUT2D eigenvalue weighted by atomic mass is 10.0. The number of carbonyl (C=O) groups excluding carboxylic acids is 1. The number of rotatable bonds is 6. The second kappa shape index (κ2) is 9.25. The van der Waals surface area contributed by atoms with E-state index in [1.807, 2.05) is 60.7 Å². The van der Waals surface area contributed by atoms with Crippen molar-refractivity contribution in [1.82, 2.24) is 4.90 Å². The van der Waals surface area contributed by atoms with Crippen molar-refractivity contribution in [2.45, 2.75) is 19.4 Å². The highest BCUT2D eigenvalue weighted by Gasteiger charge is 2.33. The van der Waals surface area contributed by atoms with Crippen LogP contribution in [0.5, 0.6) is 11.5 Å². The number of hydrogen-bond acceptors (Lipinski definition) is 4. The summed E-state index contributed by atoms with van der Waals surface area (Å²) in [6.07, 6.45) is 7.63. The highest BCUT2D eigenvalue weighted by molar-refractivity contribution is 6.13. The summed E-state index contributed by atoms with van der Waals surface area (Å²) in [4.78, 5) is 15.1. The van der Waals surface area contributed by atoms with Gasteiger partial charge in [-0.2, -0.15) is 0 Å². The molecule has 2 aliphatic heterocycles. The summed E-state index contributed by atoms with van der Waals surface area (Å²) in [5.41, 5.74) is 3.98. The van der Waals surface area contributed by atoms with Gasteiger partial charge in [0, 0.05) is 13.1 Å². The molecule has 2 heterocycles. The molecule has 5 rings (SSSR count). The molecule has 0 fully saturated rings. The molecule has 160 valence electrons. The van der Waals surface area contributed by atoms with E-state index in [1.54, 1.807) is 6.08 Å². The third-order valence-corrected chi connectivity index (χ3v) is 5.80. The Balaban J connectivity index is 1.27. The van der Waals surface area contributed by atoms with Crippen LogP contribution in [-0.4, -0.2) is 24.0 Å². The minimum absolute atomic E-state index is 0.0817. The second-order valence-electron chi connectivity index (χ2n) is 8.07. The molecule has 0 aromatic heterocycles. The quantitative estimate of drug-likeness (QED) is 0.481. The number of carbonyl (C=O) groups is 1. The molecule has 3 aromatic carbocycles.